The van der Waals surface area contributed by atoms with E-state index in [2.05, 4.69) is 15.6 Å². The predicted molar refractivity (Wildman–Crippen MR) is 116 cm³/mol. The lowest BCUT2D eigenvalue weighted by molar-refractivity contribution is -0.136. The number of anilines is 2. The first kappa shape index (κ1) is 20.3. The highest BCUT2D eigenvalue weighted by molar-refractivity contribution is 6.39. The van der Waals surface area contributed by atoms with Crippen molar-refractivity contribution in [2.75, 3.05) is 37.5 Å². The van der Waals surface area contributed by atoms with Crippen molar-refractivity contribution in [2.24, 2.45) is 0 Å². The quantitative estimate of drug-likeness (QED) is 0.543. The molecule has 31 heavy (non-hydrogen) atoms. The van der Waals surface area contributed by atoms with Gasteiger partial charge in [-0.1, -0.05) is 0 Å². The Labute approximate surface area is 178 Å². The standard InChI is InChI=1S/C22H22N4O5/c1-26-18-9-14(3-6-19(18)31-12-20(26)27)25-22(29)21(28)23-8-7-13-11-24-17-5-4-15(30-2)10-16(13)17/h3-6,9-11,24H,7-8,12H2,1-2H3,(H,23,28)(H,25,29). The second kappa shape index (κ2) is 8.39. The van der Waals surface area contributed by atoms with Gasteiger partial charge in [-0.15, -0.1) is 0 Å². The Bertz CT molecular complexity index is 1170. The highest BCUT2D eigenvalue weighted by Crippen LogP contribution is 2.33. The molecule has 0 unspecified atom stereocenters. The molecule has 1 aromatic heterocycles. The van der Waals surface area contributed by atoms with Crippen molar-refractivity contribution in [3.63, 3.8) is 0 Å². The minimum Gasteiger partial charge on any atom is -0.497 e. The Morgan fingerprint density at radius 2 is 2.03 bits per heavy atom. The number of carbonyl (C=O) groups excluding carboxylic acids is 3. The number of likely N-dealkylation sites (N-methyl/N-ethyl adjacent to an activating group) is 1. The number of fused-ring (bicyclic) bond motifs is 2. The molecule has 0 saturated heterocycles. The van der Waals surface area contributed by atoms with E-state index in [1.807, 2.05) is 24.4 Å². The van der Waals surface area contributed by atoms with Gasteiger partial charge >= 0.3 is 11.8 Å². The van der Waals surface area contributed by atoms with Crippen LogP contribution in [0.15, 0.2) is 42.6 Å². The molecule has 0 saturated carbocycles. The van der Waals surface area contributed by atoms with Gasteiger partial charge in [-0.25, -0.2) is 0 Å². The zero-order valence-electron chi connectivity index (χ0n) is 17.2. The molecule has 160 valence electrons. The van der Waals surface area contributed by atoms with Crippen LogP contribution >= 0.6 is 0 Å². The SMILES string of the molecule is COc1ccc2[nH]cc(CCNC(=O)C(=O)Nc3ccc4c(c3)N(C)C(=O)CO4)c2c1. The number of methoxy groups -OCH3 is 1. The molecule has 2 aromatic carbocycles. The number of rotatable bonds is 5. The van der Waals surface area contributed by atoms with Crippen molar-refractivity contribution in [1.82, 2.24) is 10.3 Å². The summed E-state index contributed by atoms with van der Waals surface area (Å²) < 4.78 is 10.6. The molecular weight excluding hydrogens is 400 g/mol. The molecule has 3 aromatic rings. The first-order valence-corrected chi connectivity index (χ1v) is 9.73. The average molecular weight is 422 g/mol. The summed E-state index contributed by atoms with van der Waals surface area (Å²) in [6, 6.07) is 10.6. The number of nitrogens with one attached hydrogen (secondary N) is 3. The lowest BCUT2D eigenvalue weighted by Crippen LogP contribution is -2.37. The summed E-state index contributed by atoms with van der Waals surface area (Å²) in [6.45, 7) is 0.270. The first-order chi connectivity index (χ1) is 15.0. The summed E-state index contributed by atoms with van der Waals surface area (Å²) in [7, 11) is 3.24. The summed E-state index contributed by atoms with van der Waals surface area (Å²) in [4.78, 5) is 40.9. The highest BCUT2D eigenvalue weighted by Gasteiger charge is 2.23. The third-order valence-electron chi connectivity index (χ3n) is 5.16. The van der Waals surface area contributed by atoms with Crippen molar-refractivity contribution in [3.8, 4) is 11.5 Å². The Kier molecular flexibility index (Phi) is 5.48. The van der Waals surface area contributed by atoms with Gasteiger partial charge in [-0.3, -0.25) is 14.4 Å². The maximum atomic E-state index is 12.3. The molecule has 0 atom stereocenters. The van der Waals surface area contributed by atoms with E-state index in [1.54, 1.807) is 32.4 Å². The van der Waals surface area contributed by atoms with Crippen molar-refractivity contribution in [3.05, 3.63) is 48.2 Å². The van der Waals surface area contributed by atoms with Gasteiger partial charge in [-0.05, 0) is 48.4 Å². The molecule has 1 aliphatic rings. The Morgan fingerprint density at radius 3 is 2.84 bits per heavy atom. The lowest BCUT2D eigenvalue weighted by atomic mass is 10.1. The van der Waals surface area contributed by atoms with Crippen LogP contribution in [0.4, 0.5) is 11.4 Å². The number of benzene rings is 2. The molecule has 0 fully saturated rings. The molecule has 0 aliphatic carbocycles. The molecule has 0 spiro atoms. The van der Waals surface area contributed by atoms with Crippen LogP contribution in [0.1, 0.15) is 5.56 Å². The van der Waals surface area contributed by atoms with Crippen molar-refractivity contribution >= 4 is 40.0 Å². The van der Waals surface area contributed by atoms with Crippen LogP contribution in [0.2, 0.25) is 0 Å². The fraction of sp³-hybridized carbons (Fsp3) is 0.227. The van der Waals surface area contributed by atoms with Crippen LogP contribution in [0.3, 0.4) is 0 Å². The number of H-pyrrole nitrogens is 1. The summed E-state index contributed by atoms with van der Waals surface area (Å²) >= 11 is 0. The number of carbonyl (C=O) groups is 3. The van der Waals surface area contributed by atoms with Crippen molar-refractivity contribution < 1.29 is 23.9 Å². The van der Waals surface area contributed by atoms with Gasteiger partial charge in [0.1, 0.15) is 11.5 Å². The highest BCUT2D eigenvalue weighted by atomic mass is 16.5. The second-order valence-corrected chi connectivity index (χ2v) is 7.11. The molecule has 0 radical (unpaired) electrons. The zero-order valence-corrected chi connectivity index (χ0v) is 17.2. The second-order valence-electron chi connectivity index (χ2n) is 7.11. The fourth-order valence-corrected chi connectivity index (χ4v) is 3.42. The average Bonchev–Trinajstić information content (AvgIpc) is 3.18. The molecule has 0 bridgehead atoms. The van der Waals surface area contributed by atoms with Gasteiger partial charge in [0.15, 0.2) is 6.61 Å². The van der Waals surface area contributed by atoms with E-state index >= 15 is 0 Å². The minimum absolute atomic E-state index is 0.0270. The van der Waals surface area contributed by atoms with E-state index in [0.717, 1.165) is 22.2 Å². The maximum Gasteiger partial charge on any atom is 0.313 e. The van der Waals surface area contributed by atoms with Crippen molar-refractivity contribution in [2.45, 2.75) is 6.42 Å². The van der Waals surface area contributed by atoms with Gasteiger partial charge in [0.05, 0.1) is 12.8 Å². The molecule has 2 heterocycles. The molecule has 9 heteroatoms. The van der Waals surface area contributed by atoms with E-state index in [0.29, 0.717) is 30.1 Å². The number of hydrogen-bond acceptors (Lipinski definition) is 5. The number of hydrogen-bond donors (Lipinski definition) is 3. The fourth-order valence-electron chi connectivity index (χ4n) is 3.42. The number of nitrogens with zero attached hydrogens (tertiary/aromatic N) is 1. The Morgan fingerprint density at radius 1 is 1.19 bits per heavy atom. The lowest BCUT2D eigenvalue weighted by Gasteiger charge is -2.26. The minimum atomic E-state index is -0.786. The van der Waals surface area contributed by atoms with Gasteiger partial charge < -0.3 is 30.0 Å². The third-order valence-corrected chi connectivity index (χ3v) is 5.16. The zero-order chi connectivity index (χ0) is 22.0. The monoisotopic (exact) mass is 422 g/mol. The maximum absolute atomic E-state index is 12.3. The van der Waals surface area contributed by atoms with Crippen LogP contribution in [0, 0.1) is 0 Å². The smallest absolute Gasteiger partial charge is 0.313 e. The molecule has 3 N–H and O–H groups in total. The molecule has 3 amide bonds. The van der Waals surface area contributed by atoms with E-state index < -0.39 is 11.8 Å². The molecule has 4 rings (SSSR count). The molecule has 9 nitrogen and oxygen atoms in total. The van der Waals surface area contributed by atoms with Gasteiger partial charge in [0, 0.05) is 36.4 Å². The van der Waals surface area contributed by atoms with Crippen LogP contribution in [0.5, 0.6) is 11.5 Å². The summed E-state index contributed by atoms with van der Waals surface area (Å²) in [5.41, 5.74) is 2.91. The summed E-state index contributed by atoms with van der Waals surface area (Å²) in [5.74, 6) is -0.426. The third kappa shape index (κ3) is 4.16. The topological polar surface area (TPSA) is 113 Å². The van der Waals surface area contributed by atoms with Crippen molar-refractivity contribution in [1.29, 1.82) is 0 Å². The number of ether oxygens (including phenoxy) is 2. The first-order valence-electron chi connectivity index (χ1n) is 9.73. The Balaban J connectivity index is 1.34. The van der Waals surface area contributed by atoms with Crippen LogP contribution in [-0.4, -0.2) is 50.0 Å². The van der Waals surface area contributed by atoms with Crippen LogP contribution in [-0.2, 0) is 20.8 Å². The van der Waals surface area contributed by atoms with E-state index in [9.17, 15) is 14.4 Å². The normalized spacial score (nSPS) is 12.8. The van der Waals surface area contributed by atoms with E-state index in [-0.39, 0.29) is 12.5 Å². The largest absolute Gasteiger partial charge is 0.497 e. The van der Waals surface area contributed by atoms with E-state index in [1.165, 1.54) is 4.90 Å². The van der Waals surface area contributed by atoms with E-state index in [4.69, 9.17) is 9.47 Å². The van der Waals surface area contributed by atoms with Crippen LogP contribution < -0.4 is 25.0 Å². The Hall–Kier alpha value is -4.01. The van der Waals surface area contributed by atoms with Crippen LogP contribution in [0.25, 0.3) is 10.9 Å². The number of amides is 3. The van der Waals surface area contributed by atoms with Gasteiger partial charge in [0.25, 0.3) is 5.91 Å². The summed E-state index contributed by atoms with van der Waals surface area (Å²) in [6.07, 6.45) is 2.43. The molecule has 1 aliphatic heterocycles. The predicted octanol–water partition coefficient (Wildman–Crippen LogP) is 1.83. The number of aromatic amines is 1. The molecular formula is C22H22N4O5. The summed E-state index contributed by atoms with van der Waals surface area (Å²) in [5, 5.41) is 6.18. The van der Waals surface area contributed by atoms with Gasteiger partial charge in [0.2, 0.25) is 0 Å². The number of aromatic nitrogens is 1. The van der Waals surface area contributed by atoms with Gasteiger partial charge in [-0.2, -0.15) is 0 Å².